The van der Waals surface area contributed by atoms with E-state index in [1.54, 1.807) is 0 Å². The quantitative estimate of drug-likeness (QED) is 0.750. The monoisotopic (exact) mass is 243 g/mol. The highest BCUT2D eigenvalue weighted by Crippen LogP contribution is 2.44. The molecule has 17 heavy (non-hydrogen) atoms. The lowest BCUT2D eigenvalue weighted by Crippen LogP contribution is -2.62. The number of nitrogens with zero attached hydrogens (tertiary/aromatic N) is 1. The summed E-state index contributed by atoms with van der Waals surface area (Å²) in [7, 11) is 4.16. The van der Waals surface area contributed by atoms with Crippen LogP contribution in [0.25, 0.3) is 0 Å². The Labute approximate surface area is 106 Å². The zero-order chi connectivity index (χ0) is 13.3. The molecule has 0 bridgehead atoms. The molecule has 0 aromatic rings. The molecule has 1 aliphatic heterocycles. The van der Waals surface area contributed by atoms with Crippen molar-refractivity contribution in [3.05, 3.63) is 0 Å². The molecule has 1 saturated heterocycles. The van der Waals surface area contributed by atoms with Crippen LogP contribution in [0.3, 0.4) is 0 Å². The molecule has 1 atom stereocenters. The molecule has 4 nitrogen and oxygen atoms in total. The smallest absolute Gasteiger partial charge is 0.0827 e. The minimum absolute atomic E-state index is 0.103. The molecule has 0 aromatic heterocycles. The maximum atomic E-state index is 6.14. The summed E-state index contributed by atoms with van der Waals surface area (Å²) in [6, 6.07) is 0. The van der Waals surface area contributed by atoms with E-state index in [0.29, 0.717) is 6.54 Å². The van der Waals surface area contributed by atoms with Gasteiger partial charge in [-0.2, -0.15) is 0 Å². The lowest BCUT2D eigenvalue weighted by molar-refractivity contribution is -0.0820. The van der Waals surface area contributed by atoms with E-state index in [1.807, 2.05) is 0 Å². The Morgan fingerprint density at radius 2 is 1.82 bits per heavy atom. The van der Waals surface area contributed by atoms with Crippen LogP contribution in [0.15, 0.2) is 0 Å². The Bertz CT molecular complexity index is 263. The van der Waals surface area contributed by atoms with Crippen molar-refractivity contribution in [2.45, 2.75) is 50.9 Å². The minimum atomic E-state index is -0.225. The van der Waals surface area contributed by atoms with Crippen LogP contribution in [0, 0.1) is 0 Å². The van der Waals surface area contributed by atoms with Gasteiger partial charge in [0.15, 0.2) is 0 Å². The Kier molecular flexibility index (Phi) is 4.24. The number of rotatable bonds is 5. The molecule has 102 valence electrons. The van der Waals surface area contributed by atoms with Gasteiger partial charge in [-0.25, -0.2) is 0 Å². The van der Waals surface area contributed by atoms with Gasteiger partial charge in [-0.1, -0.05) is 0 Å². The van der Waals surface area contributed by atoms with Crippen molar-refractivity contribution >= 4 is 0 Å². The number of nitrogens with one attached hydrogen (secondary N) is 1. The van der Waals surface area contributed by atoms with Gasteiger partial charge in [-0.05, 0) is 48.2 Å². The summed E-state index contributed by atoms with van der Waals surface area (Å²) in [4.78, 5) is 2.17. The number of hydrogen-bond donors (Lipinski definition) is 2. The van der Waals surface area contributed by atoms with Crippen LogP contribution in [-0.4, -0.2) is 55.4 Å². The first kappa shape index (κ1) is 14.9. The van der Waals surface area contributed by atoms with E-state index in [-0.39, 0.29) is 16.7 Å². The predicted molar refractivity (Wildman–Crippen MR) is 72.2 cm³/mol. The summed E-state index contributed by atoms with van der Waals surface area (Å²) in [5.74, 6) is 0. The van der Waals surface area contributed by atoms with Crippen LogP contribution in [0.1, 0.15) is 34.1 Å². The third-order valence-electron chi connectivity index (χ3n) is 3.78. The van der Waals surface area contributed by atoms with Crippen LogP contribution >= 0.6 is 0 Å². The fraction of sp³-hybridized carbons (Fsp3) is 1.00. The molecule has 4 heteroatoms. The van der Waals surface area contributed by atoms with Crippen LogP contribution in [-0.2, 0) is 4.74 Å². The van der Waals surface area contributed by atoms with E-state index in [0.717, 1.165) is 19.5 Å². The first-order valence-electron chi connectivity index (χ1n) is 6.44. The fourth-order valence-electron chi connectivity index (χ4n) is 2.95. The molecule has 3 N–H and O–H groups in total. The highest BCUT2D eigenvalue weighted by atomic mass is 16.5. The normalized spacial score (nSPS) is 31.1. The van der Waals surface area contributed by atoms with Gasteiger partial charge in [0.2, 0.25) is 0 Å². The minimum Gasteiger partial charge on any atom is -0.368 e. The molecule has 0 spiro atoms. The molecular weight excluding hydrogens is 214 g/mol. The summed E-state index contributed by atoms with van der Waals surface area (Å²) in [6.07, 6.45) is 0.955. The average Bonchev–Trinajstić information content (AvgIpc) is 2.31. The van der Waals surface area contributed by atoms with Crippen molar-refractivity contribution in [2.24, 2.45) is 5.73 Å². The Morgan fingerprint density at radius 3 is 2.18 bits per heavy atom. The van der Waals surface area contributed by atoms with Gasteiger partial charge in [0.1, 0.15) is 0 Å². The van der Waals surface area contributed by atoms with E-state index in [1.165, 1.54) is 0 Å². The fourth-order valence-corrected chi connectivity index (χ4v) is 2.95. The third kappa shape index (κ3) is 3.19. The Hall–Kier alpha value is -0.160. The zero-order valence-corrected chi connectivity index (χ0v) is 12.3. The van der Waals surface area contributed by atoms with Gasteiger partial charge in [0, 0.05) is 19.6 Å². The van der Waals surface area contributed by atoms with Gasteiger partial charge < -0.3 is 20.7 Å². The first-order chi connectivity index (χ1) is 7.64. The van der Waals surface area contributed by atoms with Crippen LogP contribution in [0.5, 0.6) is 0 Å². The van der Waals surface area contributed by atoms with Crippen molar-refractivity contribution in [3.8, 4) is 0 Å². The molecular formula is C13H29N3O. The summed E-state index contributed by atoms with van der Waals surface area (Å²) in [5.41, 5.74) is 5.58. The highest BCUT2D eigenvalue weighted by molar-refractivity contribution is 5.12. The second-order valence-corrected chi connectivity index (χ2v) is 6.57. The Balaban J connectivity index is 2.74. The number of ether oxygens (including phenoxy) is 1. The molecule has 1 aliphatic rings. The van der Waals surface area contributed by atoms with Gasteiger partial charge in [0.05, 0.1) is 16.7 Å². The first-order valence-corrected chi connectivity index (χ1v) is 6.44. The summed E-state index contributed by atoms with van der Waals surface area (Å²) >= 11 is 0. The molecule has 0 aliphatic carbocycles. The zero-order valence-electron chi connectivity index (χ0n) is 12.3. The topological polar surface area (TPSA) is 50.5 Å². The van der Waals surface area contributed by atoms with Crippen LogP contribution < -0.4 is 11.1 Å². The Morgan fingerprint density at radius 1 is 1.24 bits per heavy atom. The van der Waals surface area contributed by atoms with Gasteiger partial charge >= 0.3 is 0 Å². The molecule has 1 unspecified atom stereocenters. The van der Waals surface area contributed by atoms with Crippen molar-refractivity contribution in [1.29, 1.82) is 0 Å². The molecule has 1 fully saturated rings. The highest BCUT2D eigenvalue weighted by Gasteiger charge is 2.56. The van der Waals surface area contributed by atoms with E-state index in [9.17, 15) is 0 Å². The second kappa shape index (κ2) is 4.84. The van der Waals surface area contributed by atoms with E-state index in [4.69, 9.17) is 10.5 Å². The van der Waals surface area contributed by atoms with E-state index >= 15 is 0 Å². The largest absolute Gasteiger partial charge is 0.368 e. The molecule has 1 heterocycles. The summed E-state index contributed by atoms with van der Waals surface area (Å²) < 4.78 is 6.14. The maximum Gasteiger partial charge on any atom is 0.0827 e. The number of hydrogen-bond acceptors (Lipinski definition) is 4. The standard InChI is InChI=1S/C13H29N3O/c1-11(2)9-13(10-14,12(3,4)17-11)15-7-8-16(5)6/h15H,7-10,14H2,1-6H3. The van der Waals surface area contributed by atoms with Crippen molar-refractivity contribution < 1.29 is 4.74 Å². The number of nitrogens with two attached hydrogens (primary N) is 1. The van der Waals surface area contributed by atoms with Gasteiger partial charge in [-0.3, -0.25) is 0 Å². The van der Waals surface area contributed by atoms with Crippen LogP contribution in [0.4, 0.5) is 0 Å². The van der Waals surface area contributed by atoms with E-state index < -0.39 is 0 Å². The van der Waals surface area contributed by atoms with Crippen LogP contribution in [0.2, 0.25) is 0 Å². The lowest BCUT2D eigenvalue weighted by Gasteiger charge is -2.40. The molecule has 0 aromatic carbocycles. The summed E-state index contributed by atoms with van der Waals surface area (Å²) in [6.45, 7) is 11.1. The third-order valence-corrected chi connectivity index (χ3v) is 3.78. The van der Waals surface area contributed by atoms with Crippen molar-refractivity contribution in [3.63, 3.8) is 0 Å². The molecule has 0 radical (unpaired) electrons. The van der Waals surface area contributed by atoms with Crippen molar-refractivity contribution in [1.82, 2.24) is 10.2 Å². The molecule has 1 rings (SSSR count). The van der Waals surface area contributed by atoms with Gasteiger partial charge in [-0.15, -0.1) is 0 Å². The van der Waals surface area contributed by atoms with E-state index in [2.05, 4.69) is 52.0 Å². The van der Waals surface area contributed by atoms with Crippen molar-refractivity contribution in [2.75, 3.05) is 33.7 Å². The molecule has 0 amide bonds. The number of likely N-dealkylation sites (N-methyl/N-ethyl adjacent to an activating group) is 1. The predicted octanol–water partition coefficient (Wildman–Crippen LogP) is 0.813. The lowest BCUT2D eigenvalue weighted by atomic mass is 9.79. The van der Waals surface area contributed by atoms with Gasteiger partial charge in [0.25, 0.3) is 0 Å². The molecule has 0 saturated carbocycles. The SMILES string of the molecule is CN(C)CCNC1(CN)CC(C)(C)OC1(C)C. The maximum absolute atomic E-state index is 6.14. The average molecular weight is 243 g/mol. The summed E-state index contributed by atoms with van der Waals surface area (Å²) in [5, 5.41) is 3.63. The second-order valence-electron chi connectivity index (χ2n) is 6.57.